The Morgan fingerprint density at radius 2 is 0.615 bits per heavy atom. The number of fused-ring (bicyclic) bond motifs is 26. The van der Waals surface area contributed by atoms with Crippen LogP contribution in [0.4, 0.5) is 28.4 Å². The van der Waals surface area contributed by atoms with Crippen molar-refractivity contribution in [3.63, 3.8) is 0 Å². The zero-order chi connectivity index (χ0) is 77.5. The normalized spacial score (nSPS) is 12.8. The molecule has 1 N–H and O–H groups in total. The molecule has 0 aliphatic heterocycles. The molecule has 548 valence electrons. The van der Waals surface area contributed by atoms with E-state index < -0.39 is 10.8 Å². The third-order valence-corrected chi connectivity index (χ3v) is 25.1. The van der Waals surface area contributed by atoms with Crippen molar-refractivity contribution in [3.05, 3.63) is 486 Å². The van der Waals surface area contributed by atoms with Crippen LogP contribution in [0.5, 0.6) is 0 Å². The fourth-order valence-electron chi connectivity index (χ4n) is 19.9. The van der Waals surface area contributed by atoms with Gasteiger partial charge in [-0.3, -0.25) is 9.97 Å². The Labute approximate surface area is 688 Å². The van der Waals surface area contributed by atoms with E-state index in [-0.39, 0.29) is 0 Å². The first-order valence-electron chi connectivity index (χ1n) is 40.1. The van der Waals surface area contributed by atoms with E-state index in [2.05, 4.69) is 430 Å². The van der Waals surface area contributed by atoms with Gasteiger partial charge in [0.15, 0.2) is 0 Å². The molecule has 18 aromatic carbocycles. The minimum absolute atomic E-state index is 0.404. The second-order valence-electron chi connectivity index (χ2n) is 30.7. The van der Waals surface area contributed by atoms with Crippen molar-refractivity contribution >= 4 is 87.5 Å². The SMILES string of the molecule is Brc1cccc(-c2ccc(-c3cccc4c3C3(c5ccccc5-c5ccccc53)c3c-4ccc4ccccc34)cc2)c1.c1cncc(N(c2cccc(-c3ccc(-c4cccc5c4C4(c6ccccc6-c6ccccc64)c4c-5ccc5ccccc45)cc3)c2)c2cccc3ccccc23)c1.c1cncc(Nc2cccc3ccccc23)c1. The van der Waals surface area contributed by atoms with Gasteiger partial charge in [0, 0.05) is 39.0 Å². The van der Waals surface area contributed by atoms with Crippen molar-refractivity contribution in [2.45, 2.75) is 10.8 Å². The molecule has 0 radical (unpaired) electrons. The smallest absolute Gasteiger partial charge is 0.0737 e. The summed E-state index contributed by atoms with van der Waals surface area (Å²) in [7, 11) is 0. The number of nitrogens with one attached hydrogen (secondary N) is 1. The molecule has 0 atom stereocenters. The molecular formula is C112H73BrN4. The Kier molecular flexibility index (Phi) is 16.8. The lowest BCUT2D eigenvalue weighted by atomic mass is 9.67. The molecule has 2 spiro atoms. The van der Waals surface area contributed by atoms with Gasteiger partial charge in [-0.25, -0.2) is 0 Å². The molecule has 0 amide bonds. The van der Waals surface area contributed by atoms with Crippen molar-refractivity contribution in [2.24, 2.45) is 0 Å². The average molecular weight is 1550 g/mol. The maximum Gasteiger partial charge on any atom is 0.0737 e. The maximum absolute atomic E-state index is 4.52. The number of hydrogen-bond acceptors (Lipinski definition) is 4. The predicted molar refractivity (Wildman–Crippen MR) is 491 cm³/mol. The van der Waals surface area contributed by atoms with Crippen LogP contribution >= 0.6 is 15.9 Å². The van der Waals surface area contributed by atoms with Gasteiger partial charge in [0.2, 0.25) is 0 Å². The lowest BCUT2D eigenvalue weighted by Crippen LogP contribution is -2.27. The molecule has 4 aliphatic rings. The molecule has 4 aliphatic carbocycles. The summed E-state index contributed by atoms with van der Waals surface area (Å²) in [6.45, 7) is 0. The van der Waals surface area contributed by atoms with E-state index in [1.807, 2.05) is 36.8 Å². The van der Waals surface area contributed by atoms with Gasteiger partial charge in [-0.15, -0.1) is 0 Å². The summed E-state index contributed by atoms with van der Waals surface area (Å²) in [5.41, 5.74) is 35.9. The number of pyridine rings is 2. The number of rotatable bonds is 9. The van der Waals surface area contributed by atoms with E-state index in [9.17, 15) is 0 Å². The van der Waals surface area contributed by atoms with Gasteiger partial charge in [0.05, 0.1) is 40.3 Å². The minimum atomic E-state index is -0.459. The van der Waals surface area contributed by atoms with Crippen molar-refractivity contribution in [3.8, 4) is 89.0 Å². The average Bonchev–Trinajstić information content (AvgIpc) is 1.50. The highest BCUT2D eigenvalue weighted by Gasteiger charge is 2.55. The molecule has 0 saturated heterocycles. The van der Waals surface area contributed by atoms with Crippen LogP contribution in [0.2, 0.25) is 0 Å². The van der Waals surface area contributed by atoms with Crippen molar-refractivity contribution in [2.75, 3.05) is 10.2 Å². The zero-order valence-corrected chi connectivity index (χ0v) is 65.4. The van der Waals surface area contributed by atoms with Crippen LogP contribution in [0.25, 0.3) is 132 Å². The summed E-state index contributed by atoms with van der Waals surface area (Å²) in [4.78, 5) is 10.9. The summed E-state index contributed by atoms with van der Waals surface area (Å²) in [6.07, 6.45) is 7.37. The number of anilines is 5. The lowest BCUT2D eigenvalue weighted by molar-refractivity contribution is 0.803. The topological polar surface area (TPSA) is 41.1 Å². The first kappa shape index (κ1) is 69.1. The van der Waals surface area contributed by atoms with Crippen LogP contribution in [-0.4, -0.2) is 9.97 Å². The Balaban J connectivity index is 0.000000122. The van der Waals surface area contributed by atoms with Gasteiger partial charge in [-0.1, -0.05) is 368 Å². The van der Waals surface area contributed by atoms with Gasteiger partial charge in [0.25, 0.3) is 0 Å². The number of benzene rings is 18. The molecule has 24 rings (SSSR count). The van der Waals surface area contributed by atoms with E-state index in [0.29, 0.717) is 0 Å². The zero-order valence-electron chi connectivity index (χ0n) is 63.8. The van der Waals surface area contributed by atoms with Crippen molar-refractivity contribution in [1.82, 2.24) is 9.97 Å². The lowest BCUT2D eigenvalue weighted by Gasteiger charge is -2.33. The number of nitrogens with zero attached hydrogens (tertiary/aromatic N) is 3. The van der Waals surface area contributed by atoms with E-state index in [1.165, 1.54) is 171 Å². The van der Waals surface area contributed by atoms with Crippen LogP contribution < -0.4 is 10.2 Å². The molecule has 117 heavy (non-hydrogen) atoms. The molecule has 0 fully saturated rings. The van der Waals surface area contributed by atoms with Gasteiger partial charge < -0.3 is 10.2 Å². The van der Waals surface area contributed by atoms with E-state index >= 15 is 0 Å². The minimum Gasteiger partial charge on any atom is -0.354 e. The fraction of sp³-hybridized carbons (Fsp3) is 0.0179. The Hall–Kier alpha value is -14.6. The molecule has 0 unspecified atom stereocenters. The molecule has 5 heteroatoms. The fourth-order valence-corrected chi connectivity index (χ4v) is 20.3. The van der Waals surface area contributed by atoms with Crippen molar-refractivity contribution in [1.29, 1.82) is 0 Å². The summed E-state index contributed by atoms with van der Waals surface area (Å²) in [5.74, 6) is 0. The Morgan fingerprint density at radius 3 is 1.12 bits per heavy atom. The van der Waals surface area contributed by atoms with E-state index in [4.69, 9.17) is 0 Å². The van der Waals surface area contributed by atoms with Crippen LogP contribution in [-0.2, 0) is 10.8 Å². The third-order valence-electron chi connectivity index (χ3n) is 24.6. The standard InChI is InChI=1S/C56H36N2.C41H25Br.C15H12N2/c1-3-19-44-38(13-1)15-10-27-53(44)58(43-18-12-34-57-36-43)42-17-9-16-41(35-42)37-28-30-40(31-29-37)46-23-11-24-49-50-33-32-39-14-2-4-20-45(39)55(50)56(54(46)49)51-25-7-5-21-47(51)48-22-6-8-26-52(48)56;42-30-11-7-10-29(25-30)26-19-21-28(22-20-26)32-15-8-16-35-36-24-23-27-9-1-2-12-31(27)40(36)41(39(32)35)37-17-5-3-13-33(37)34-14-4-6-18-38(34)41;1-2-8-14-12(5-1)6-3-9-15(14)17-13-7-4-10-16-11-13/h1-36H;1-25H;1-11,17H. The molecule has 4 nitrogen and oxygen atoms in total. The third kappa shape index (κ3) is 11.2. The van der Waals surface area contributed by atoms with Gasteiger partial charge in [0.1, 0.15) is 0 Å². The van der Waals surface area contributed by atoms with Crippen LogP contribution in [0.1, 0.15) is 44.5 Å². The Morgan fingerprint density at radius 1 is 0.239 bits per heavy atom. The van der Waals surface area contributed by atoms with E-state index in [1.54, 1.807) is 6.20 Å². The predicted octanol–water partition coefficient (Wildman–Crippen LogP) is 29.8. The quantitative estimate of drug-likeness (QED) is 0.156. The largest absolute Gasteiger partial charge is 0.354 e. The molecule has 20 aromatic rings. The highest BCUT2D eigenvalue weighted by atomic mass is 79.9. The molecule has 0 bridgehead atoms. The molecule has 0 saturated carbocycles. The molecule has 2 aromatic heterocycles. The number of halogens is 1. The monoisotopic (exact) mass is 1550 g/mol. The summed E-state index contributed by atoms with van der Waals surface area (Å²) in [5, 5.41) is 13.4. The summed E-state index contributed by atoms with van der Waals surface area (Å²) in [6, 6.07) is 151. The summed E-state index contributed by atoms with van der Waals surface area (Å²) < 4.78 is 1.09. The van der Waals surface area contributed by atoms with Crippen LogP contribution in [0, 0.1) is 0 Å². The summed E-state index contributed by atoms with van der Waals surface area (Å²) >= 11 is 3.64. The van der Waals surface area contributed by atoms with Gasteiger partial charge in [-0.2, -0.15) is 0 Å². The van der Waals surface area contributed by atoms with E-state index in [0.717, 1.165) is 38.5 Å². The van der Waals surface area contributed by atoms with Crippen LogP contribution in [0.15, 0.2) is 442 Å². The first-order valence-corrected chi connectivity index (χ1v) is 40.9. The van der Waals surface area contributed by atoms with Crippen LogP contribution in [0.3, 0.4) is 0 Å². The second-order valence-corrected chi connectivity index (χ2v) is 31.6. The second kappa shape index (κ2) is 28.5. The highest BCUT2D eigenvalue weighted by molar-refractivity contribution is 9.10. The first-order chi connectivity index (χ1) is 58.0. The number of aromatic nitrogens is 2. The van der Waals surface area contributed by atoms with Gasteiger partial charge in [-0.05, 0) is 227 Å². The van der Waals surface area contributed by atoms with Crippen molar-refractivity contribution < 1.29 is 0 Å². The molecular weight excluding hydrogens is 1480 g/mol. The molecule has 2 heterocycles. The Bertz CT molecular complexity index is 7210. The van der Waals surface area contributed by atoms with Gasteiger partial charge >= 0.3 is 0 Å². The number of hydrogen-bond donors (Lipinski definition) is 1. The highest BCUT2D eigenvalue weighted by Crippen LogP contribution is 2.68. The maximum atomic E-state index is 4.52.